The second-order valence-electron chi connectivity index (χ2n) is 5.83. The maximum absolute atomic E-state index is 11.7. The minimum absolute atomic E-state index is 0.0657. The number of hydrogen-bond donors (Lipinski definition) is 3. The molecule has 1 aromatic heterocycles. The molecule has 0 spiro atoms. The first-order chi connectivity index (χ1) is 10.7. The Kier molecular flexibility index (Phi) is 4.11. The van der Waals surface area contributed by atoms with Crippen molar-refractivity contribution in [1.82, 2.24) is 20.2 Å². The molecule has 3 N–H and O–H groups in total. The number of aromatic nitrogens is 2. The Morgan fingerprint density at radius 2 is 2.05 bits per heavy atom. The van der Waals surface area contributed by atoms with Gasteiger partial charge in [-0.1, -0.05) is 12.1 Å². The second kappa shape index (κ2) is 6.19. The van der Waals surface area contributed by atoms with Crippen LogP contribution in [0.2, 0.25) is 0 Å². The average Bonchev–Trinajstić information content (AvgIpc) is 3.14. The lowest BCUT2D eigenvalue weighted by atomic mass is 10.1. The molecule has 1 saturated carbocycles. The van der Waals surface area contributed by atoms with Gasteiger partial charge in [-0.25, -0.2) is 9.78 Å². The van der Waals surface area contributed by atoms with E-state index in [1.54, 1.807) is 12.5 Å². The Bertz CT molecular complexity index is 618. The number of nitrogens with one attached hydrogen (secondary N) is 2. The van der Waals surface area contributed by atoms with Gasteiger partial charge in [-0.3, -0.25) is 0 Å². The van der Waals surface area contributed by atoms with E-state index in [-0.39, 0.29) is 18.1 Å². The molecule has 116 valence electrons. The molecule has 2 amide bonds. The molecular formula is C16H20N4O2. The molecular weight excluding hydrogens is 280 g/mol. The van der Waals surface area contributed by atoms with E-state index in [1.807, 2.05) is 35.0 Å². The van der Waals surface area contributed by atoms with Crippen LogP contribution >= 0.6 is 0 Å². The van der Waals surface area contributed by atoms with Crippen LogP contribution in [0.25, 0.3) is 5.69 Å². The largest absolute Gasteiger partial charge is 0.396 e. The van der Waals surface area contributed by atoms with Crippen molar-refractivity contribution in [3.8, 4) is 5.69 Å². The highest BCUT2D eigenvalue weighted by Crippen LogP contribution is 2.44. The summed E-state index contributed by atoms with van der Waals surface area (Å²) in [6.07, 6.45) is 7.34. The number of rotatable bonds is 6. The number of imidazole rings is 1. The summed E-state index contributed by atoms with van der Waals surface area (Å²) in [5.41, 5.74) is 2.00. The summed E-state index contributed by atoms with van der Waals surface area (Å²) in [4.78, 5) is 15.8. The van der Waals surface area contributed by atoms with Crippen molar-refractivity contribution in [3.05, 3.63) is 48.5 Å². The Hall–Kier alpha value is -2.34. The normalized spacial score (nSPS) is 15.3. The Morgan fingerprint density at radius 3 is 2.64 bits per heavy atom. The third-order valence-corrected chi connectivity index (χ3v) is 4.11. The molecule has 3 rings (SSSR count). The Balaban J connectivity index is 1.46. The highest BCUT2D eigenvalue weighted by Gasteiger charge is 2.42. The van der Waals surface area contributed by atoms with Crippen molar-refractivity contribution >= 4 is 6.03 Å². The van der Waals surface area contributed by atoms with Gasteiger partial charge in [0, 0.05) is 36.6 Å². The van der Waals surface area contributed by atoms with E-state index in [0.29, 0.717) is 13.1 Å². The molecule has 22 heavy (non-hydrogen) atoms. The van der Waals surface area contributed by atoms with E-state index >= 15 is 0 Å². The summed E-state index contributed by atoms with van der Waals surface area (Å²) in [7, 11) is 0. The van der Waals surface area contributed by atoms with Crippen LogP contribution < -0.4 is 10.6 Å². The minimum atomic E-state index is -0.196. The number of carbonyl (C=O) groups is 1. The molecule has 0 atom stereocenters. The predicted octanol–water partition coefficient (Wildman–Crippen LogP) is 1.44. The van der Waals surface area contributed by atoms with Crippen molar-refractivity contribution in [1.29, 1.82) is 0 Å². The minimum Gasteiger partial charge on any atom is -0.396 e. The molecule has 0 unspecified atom stereocenters. The molecule has 1 heterocycles. The number of carbonyl (C=O) groups excluding carboxylic acids is 1. The van der Waals surface area contributed by atoms with Crippen LogP contribution in [0.5, 0.6) is 0 Å². The van der Waals surface area contributed by atoms with E-state index in [2.05, 4.69) is 15.6 Å². The van der Waals surface area contributed by atoms with Crippen molar-refractivity contribution in [2.45, 2.75) is 19.4 Å². The summed E-state index contributed by atoms with van der Waals surface area (Å²) < 4.78 is 1.92. The van der Waals surface area contributed by atoms with Crippen LogP contribution in [0.4, 0.5) is 4.79 Å². The molecule has 0 radical (unpaired) electrons. The van der Waals surface area contributed by atoms with Gasteiger partial charge in [-0.2, -0.15) is 0 Å². The number of aliphatic hydroxyl groups excluding tert-OH is 1. The molecule has 1 aliphatic rings. The standard InChI is InChI=1S/C16H20N4O2/c21-11-16(5-6-16)10-19-15(22)18-9-13-1-3-14(4-2-13)20-8-7-17-12-20/h1-4,7-8,12,21H,5-6,9-11H2,(H2,18,19,22). The van der Waals surface area contributed by atoms with Crippen molar-refractivity contribution in [3.63, 3.8) is 0 Å². The Morgan fingerprint density at radius 1 is 1.27 bits per heavy atom. The highest BCUT2D eigenvalue weighted by atomic mass is 16.3. The van der Waals surface area contributed by atoms with Gasteiger partial charge in [0.05, 0.1) is 12.9 Å². The van der Waals surface area contributed by atoms with E-state index in [0.717, 1.165) is 24.1 Å². The van der Waals surface area contributed by atoms with Gasteiger partial charge in [-0.05, 0) is 30.5 Å². The molecule has 6 heteroatoms. The summed E-state index contributed by atoms with van der Waals surface area (Å²) in [5.74, 6) is 0. The van der Waals surface area contributed by atoms with E-state index in [4.69, 9.17) is 0 Å². The third kappa shape index (κ3) is 3.46. The van der Waals surface area contributed by atoms with Gasteiger partial charge in [0.2, 0.25) is 0 Å². The number of urea groups is 1. The van der Waals surface area contributed by atoms with Crippen LogP contribution in [0.3, 0.4) is 0 Å². The molecule has 1 aliphatic carbocycles. The van der Waals surface area contributed by atoms with Crippen LogP contribution in [-0.2, 0) is 6.54 Å². The molecule has 1 fully saturated rings. The molecule has 0 bridgehead atoms. The van der Waals surface area contributed by atoms with Gasteiger partial charge in [0.1, 0.15) is 0 Å². The fraction of sp³-hybridized carbons (Fsp3) is 0.375. The van der Waals surface area contributed by atoms with Gasteiger partial charge < -0.3 is 20.3 Å². The van der Waals surface area contributed by atoms with E-state index in [9.17, 15) is 9.90 Å². The number of hydrogen-bond acceptors (Lipinski definition) is 3. The van der Waals surface area contributed by atoms with Crippen LogP contribution in [0.1, 0.15) is 18.4 Å². The first kappa shape index (κ1) is 14.6. The van der Waals surface area contributed by atoms with Gasteiger partial charge >= 0.3 is 6.03 Å². The third-order valence-electron chi connectivity index (χ3n) is 4.11. The first-order valence-electron chi connectivity index (χ1n) is 7.41. The fourth-order valence-corrected chi connectivity index (χ4v) is 2.28. The predicted molar refractivity (Wildman–Crippen MR) is 82.6 cm³/mol. The lowest BCUT2D eigenvalue weighted by Crippen LogP contribution is -2.39. The summed E-state index contributed by atoms with van der Waals surface area (Å²) in [5, 5.41) is 14.8. The van der Waals surface area contributed by atoms with Crippen molar-refractivity contribution in [2.75, 3.05) is 13.2 Å². The zero-order valence-corrected chi connectivity index (χ0v) is 12.3. The smallest absolute Gasteiger partial charge is 0.315 e. The molecule has 0 aliphatic heterocycles. The number of aliphatic hydroxyl groups is 1. The van der Waals surface area contributed by atoms with Crippen LogP contribution in [-0.4, -0.2) is 33.8 Å². The summed E-state index contributed by atoms with van der Waals surface area (Å²) >= 11 is 0. The second-order valence-corrected chi connectivity index (χ2v) is 5.83. The maximum Gasteiger partial charge on any atom is 0.315 e. The van der Waals surface area contributed by atoms with Crippen LogP contribution in [0.15, 0.2) is 43.0 Å². The first-order valence-corrected chi connectivity index (χ1v) is 7.41. The zero-order chi connectivity index (χ0) is 15.4. The van der Waals surface area contributed by atoms with Crippen molar-refractivity contribution < 1.29 is 9.90 Å². The van der Waals surface area contributed by atoms with Gasteiger partial charge in [-0.15, -0.1) is 0 Å². The zero-order valence-electron chi connectivity index (χ0n) is 12.3. The SMILES string of the molecule is O=C(NCc1ccc(-n2ccnc2)cc1)NCC1(CO)CC1. The number of amides is 2. The topological polar surface area (TPSA) is 79.2 Å². The quantitative estimate of drug-likeness (QED) is 0.755. The van der Waals surface area contributed by atoms with Crippen LogP contribution in [0, 0.1) is 5.41 Å². The lowest BCUT2D eigenvalue weighted by molar-refractivity contribution is 0.203. The number of nitrogens with zero attached hydrogens (tertiary/aromatic N) is 2. The Labute approximate surface area is 129 Å². The molecule has 2 aromatic rings. The molecule has 1 aromatic carbocycles. The van der Waals surface area contributed by atoms with E-state index in [1.165, 1.54) is 0 Å². The van der Waals surface area contributed by atoms with Crippen molar-refractivity contribution in [2.24, 2.45) is 5.41 Å². The monoisotopic (exact) mass is 300 g/mol. The van der Waals surface area contributed by atoms with Gasteiger partial charge in [0.25, 0.3) is 0 Å². The maximum atomic E-state index is 11.7. The molecule has 0 saturated heterocycles. The van der Waals surface area contributed by atoms with E-state index < -0.39 is 0 Å². The lowest BCUT2D eigenvalue weighted by Gasteiger charge is -2.13. The average molecular weight is 300 g/mol. The van der Waals surface area contributed by atoms with Gasteiger partial charge in [0.15, 0.2) is 0 Å². The fourth-order valence-electron chi connectivity index (χ4n) is 2.28. The summed E-state index contributed by atoms with van der Waals surface area (Å²) in [6, 6.07) is 7.74. The summed E-state index contributed by atoms with van der Waals surface area (Å²) in [6.45, 7) is 1.15. The highest BCUT2D eigenvalue weighted by molar-refractivity contribution is 5.73. The number of benzene rings is 1. The molecule has 6 nitrogen and oxygen atoms in total.